The predicted molar refractivity (Wildman–Crippen MR) is 75.4 cm³/mol. The lowest BCUT2D eigenvalue weighted by molar-refractivity contribution is -0.121. The number of hydrogen-bond donors (Lipinski definition) is 2. The number of nitrogens with one attached hydrogen (secondary N) is 2. The van der Waals surface area contributed by atoms with Crippen LogP contribution in [-0.2, 0) is 4.79 Å². The van der Waals surface area contributed by atoms with Gasteiger partial charge in [0.15, 0.2) is 0 Å². The Bertz CT molecular complexity index is 442. The van der Waals surface area contributed by atoms with Gasteiger partial charge in [-0.2, -0.15) is 0 Å². The highest BCUT2D eigenvalue weighted by molar-refractivity contribution is 5.76. The molecule has 2 N–H and O–H groups in total. The van der Waals surface area contributed by atoms with Gasteiger partial charge in [-0.3, -0.25) is 4.79 Å². The number of ether oxygens (including phenoxy) is 1. The first-order chi connectivity index (χ1) is 9.15. The smallest absolute Gasteiger partial charge is 0.223 e. The summed E-state index contributed by atoms with van der Waals surface area (Å²) >= 11 is 0. The van der Waals surface area contributed by atoms with Gasteiger partial charge in [-0.25, -0.2) is 0 Å². The lowest BCUT2D eigenvalue weighted by Gasteiger charge is -2.27. The van der Waals surface area contributed by atoms with Crippen molar-refractivity contribution < 1.29 is 9.53 Å². The number of benzene rings is 1. The van der Waals surface area contributed by atoms with E-state index in [1.165, 1.54) is 11.1 Å². The normalized spacial score (nSPS) is 14.8. The number of rotatable bonds is 6. The van der Waals surface area contributed by atoms with Crippen LogP contribution in [0.15, 0.2) is 18.2 Å². The van der Waals surface area contributed by atoms with E-state index in [0.29, 0.717) is 18.9 Å². The van der Waals surface area contributed by atoms with Crippen LogP contribution in [0.3, 0.4) is 0 Å². The summed E-state index contributed by atoms with van der Waals surface area (Å²) < 4.78 is 5.59. The molecular formula is C15H22N2O2. The van der Waals surface area contributed by atoms with Gasteiger partial charge in [-0.1, -0.05) is 6.07 Å². The highest BCUT2D eigenvalue weighted by atomic mass is 16.5. The molecule has 1 amide bonds. The van der Waals surface area contributed by atoms with Gasteiger partial charge < -0.3 is 15.4 Å². The summed E-state index contributed by atoms with van der Waals surface area (Å²) in [5.41, 5.74) is 2.46. The lowest BCUT2D eigenvalue weighted by atomic mass is 10.0. The van der Waals surface area contributed by atoms with Crippen molar-refractivity contribution in [3.63, 3.8) is 0 Å². The standard InChI is InChI=1S/C15H22N2O2/c1-11-3-4-14(7-12(11)2)19-6-5-15(18)17-10-13-8-16-9-13/h3-4,7,13,16H,5-6,8-10H2,1-2H3,(H,17,18). The SMILES string of the molecule is Cc1ccc(OCCC(=O)NCC2CNC2)cc1C. The van der Waals surface area contributed by atoms with Crippen molar-refractivity contribution in [1.82, 2.24) is 10.6 Å². The fourth-order valence-electron chi connectivity index (χ4n) is 1.90. The van der Waals surface area contributed by atoms with Crippen molar-refractivity contribution in [2.75, 3.05) is 26.2 Å². The molecule has 0 spiro atoms. The zero-order chi connectivity index (χ0) is 13.7. The summed E-state index contributed by atoms with van der Waals surface area (Å²) in [6, 6.07) is 5.99. The molecule has 2 rings (SSSR count). The van der Waals surface area contributed by atoms with Gasteiger partial charge in [0.1, 0.15) is 5.75 Å². The molecule has 4 heteroatoms. The summed E-state index contributed by atoms with van der Waals surface area (Å²) in [6.07, 6.45) is 0.410. The fraction of sp³-hybridized carbons (Fsp3) is 0.533. The molecule has 0 aliphatic carbocycles. The molecule has 0 bridgehead atoms. The second kappa shape index (κ2) is 6.57. The molecule has 1 aromatic carbocycles. The molecule has 1 aliphatic heterocycles. The summed E-state index contributed by atoms with van der Waals surface area (Å²) in [5.74, 6) is 1.50. The van der Waals surface area contributed by atoms with Gasteiger partial charge in [0.25, 0.3) is 0 Å². The number of aryl methyl sites for hydroxylation is 2. The van der Waals surface area contributed by atoms with E-state index < -0.39 is 0 Å². The van der Waals surface area contributed by atoms with Crippen molar-refractivity contribution in [3.8, 4) is 5.75 Å². The molecule has 104 valence electrons. The Morgan fingerprint density at radius 3 is 2.79 bits per heavy atom. The third-order valence-electron chi connectivity index (χ3n) is 3.53. The number of amides is 1. The minimum atomic E-state index is 0.0655. The minimum Gasteiger partial charge on any atom is -0.493 e. The Morgan fingerprint density at radius 2 is 2.16 bits per heavy atom. The summed E-state index contributed by atoms with van der Waals surface area (Å²) in [5, 5.41) is 6.12. The lowest BCUT2D eigenvalue weighted by Crippen LogP contribution is -2.48. The number of carbonyl (C=O) groups is 1. The molecule has 1 heterocycles. The monoisotopic (exact) mass is 262 g/mol. The minimum absolute atomic E-state index is 0.0655. The van der Waals surface area contributed by atoms with Crippen LogP contribution in [0.5, 0.6) is 5.75 Å². The van der Waals surface area contributed by atoms with Crippen LogP contribution in [0.25, 0.3) is 0 Å². The van der Waals surface area contributed by atoms with E-state index in [2.05, 4.69) is 24.5 Å². The third kappa shape index (κ3) is 4.24. The van der Waals surface area contributed by atoms with Crippen molar-refractivity contribution in [2.45, 2.75) is 20.3 Å². The van der Waals surface area contributed by atoms with E-state index in [9.17, 15) is 4.79 Å². The van der Waals surface area contributed by atoms with Gasteiger partial charge >= 0.3 is 0 Å². The van der Waals surface area contributed by atoms with Crippen molar-refractivity contribution >= 4 is 5.91 Å². The van der Waals surface area contributed by atoms with Crippen LogP contribution in [0.4, 0.5) is 0 Å². The zero-order valence-corrected chi connectivity index (χ0v) is 11.7. The van der Waals surface area contributed by atoms with Gasteiger partial charge in [0.2, 0.25) is 5.91 Å². The summed E-state index contributed by atoms with van der Waals surface area (Å²) in [6.45, 7) is 7.36. The van der Waals surface area contributed by atoms with Crippen LogP contribution >= 0.6 is 0 Å². The first-order valence-corrected chi connectivity index (χ1v) is 6.82. The van der Waals surface area contributed by atoms with Crippen LogP contribution in [0.1, 0.15) is 17.5 Å². The van der Waals surface area contributed by atoms with E-state index >= 15 is 0 Å². The van der Waals surface area contributed by atoms with Crippen LogP contribution < -0.4 is 15.4 Å². The quantitative estimate of drug-likeness (QED) is 0.815. The highest BCUT2D eigenvalue weighted by Gasteiger charge is 2.16. The van der Waals surface area contributed by atoms with Gasteiger partial charge in [0.05, 0.1) is 13.0 Å². The average Bonchev–Trinajstić information content (AvgIpc) is 2.32. The maximum atomic E-state index is 11.6. The molecule has 19 heavy (non-hydrogen) atoms. The summed E-state index contributed by atoms with van der Waals surface area (Å²) in [4.78, 5) is 11.6. The first-order valence-electron chi connectivity index (χ1n) is 6.82. The molecule has 0 unspecified atom stereocenters. The van der Waals surface area contributed by atoms with Gasteiger partial charge in [-0.15, -0.1) is 0 Å². The van der Waals surface area contributed by atoms with E-state index in [1.807, 2.05) is 18.2 Å². The average molecular weight is 262 g/mol. The largest absolute Gasteiger partial charge is 0.493 e. The molecule has 1 saturated heterocycles. The van der Waals surface area contributed by atoms with Gasteiger partial charge in [-0.05, 0) is 37.1 Å². The van der Waals surface area contributed by atoms with E-state index in [4.69, 9.17) is 4.74 Å². The molecule has 0 saturated carbocycles. The van der Waals surface area contributed by atoms with Crippen molar-refractivity contribution in [3.05, 3.63) is 29.3 Å². The topological polar surface area (TPSA) is 50.4 Å². The predicted octanol–water partition coefficient (Wildman–Crippen LogP) is 1.41. The third-order valence-corrected chi connectivity index (χ3v) is 3.53. The second-order valence-corrected chi connectivity index (χ2v) is 5.17. The second-order valence-electron chi connectivity index (χ2n) is 5.17. The summed E-state index contributed by atoms with van der Waals surface area (Å²) in [7, 11) is 0. The molecule has 0 atom stereocenters. The molecule has 1 fully saturated rings. The number of carbonyl (C=O) groups excluding carboxylic acids is 1. The Morgan fingerprint density at radius 1 is 1.37 bits per heavy atom. The first kappa shape index (κ1) is 13.9. The van der Waals surface area contributed by atoms with E-state index in [1.54, 1.807) is 0 Å². The number of hydrogen-bond acceptors (Lipinski definition) is 3. The Labute approximate surface area is 114 Å². The molecule has 0 aromatic heterocycles. The Kier molecular flexibility index (Phi) is 4.80. The van der Waals surface area contributed by atoms with Crippen molar-refractivity contribution in [2.24, 2.45) is 5.92 Å². The fourth-order valence-corrected chi connectivity index (χ4v) is 1.90. The Hall–Kier alpha value is -1.55. The van der Waals surface area contributed by atoms with E-state index in [0.717, 1.165) is 25.4 Å². The van der Waals surface area contributed by atoms with Crippen molar-refractivity contribution in [1.29, 1.82) is 0 Å². The maximum Gasteiger partial charge on any atom is 0.223 e. The zero-order valence-electron chi connectivity index (χ0n) is 11.7. The molecular weight excluding hydrogens is 240 g/mol. The van der Waals surface area contributed by atoms with Crippen LogP contribution in [-0.4, -0.2) is 32.1 Å². The highest BCUT2D eigenvalue weighted by Crippen LogP contribution is 2.16. The molecule has 4 nitrogen and oxygen atoms in total. The maximum absolute atomic E-state index is 11.6. The van der Waals surface area contributed by atoms with Crippen LogP contribution in [0.2, 0.25) is 0 Å². The molecule has 1 aromatic rings. The van der Waals surface area contributed by atoms with Gasteiger partial charge in [0, 0.05) is 25.6 Å². The Balaban J connectivity index is 1.64. The van der Waals surface area contributed by atoms with E-state index in [-0.39, 0.29) is 5.91 Å². The van der Waals surface area contributed by atoms with Crippen LogP contribution in [0, 0.1) is 19.8 Å². The molecule has 0 radical (unpaired) electrons. The molecule has 1 aliphatic rings.